The van der Waals surface area contributed by atoms with Gasteiger partial charge in [0.15, 0.2) is 0 Å². The Bertz CT molecular complexity index is 336. The first kappa shape index (κ1) is 15.9. The van der Waals surface area contributed by atoms with E-state index < -0.39 is 5.60 Å². The van der Waals surface area contributed by atoms with Crippen molar-refractivity contribution in [2.45, 2.75) is 44.9 Å². The standard InChI is InChI=1S/C13H24N2O4/c1-13(2,3)19-11(16)8-18-9-6-10(14-7-9)12(17)15(4)5/h9-10,14H,6-8H2,1-5H3/t9-,10+/m1/s1. The van der Waals surface area contributed by atoms with Gasteiger partial charge in [-0.15, -0.1) is 0 Å². The molecule has 0 spiro atoms. The molecular formula is C13H24N2O4. The van der Waals surface area contributed by atoms with E-state index in [-0.39, 0.29) is 30.6 Å². The number of amides is 1. The van der Waals surface area contributed by atoms with E-state index in [1.807, 2.05) is 20.8 Å². The molecule has 110 valence electrons. The Labute approximate surface area is 114 Å². The lowest BCUT2D eigenvalue weighted by atomic mass is 10.2. The van der Waals surface area contributed by atoms with E-state index in [0.29, 0.717) is 13.0 Å². The summed E-state index contributed by atoms with van der Waals surface area (Å²) in [5, 5.41) is 3.09. The topological polar surface area (TPSA) is 67.9 Å². The molecule has 1 aliphatic heterocycles. The van der Waals surface area contributed by atoms with Gasteiger partial charge in [-0.25, -0.2) is 4.79 Å². The van der Waals surface area contributed by atoms with E-state index in [1.165, 1.54) is 0 Å². The van der Waals surface area contributed by atoms with Crippen LogP contribution in [0.1, 0.15) is 27.2 Å². The lowest BCUT2D eigenvalue weighted by molar-refractivity contribution is -0.161. The van der Waals surface area contributed by atoms with Crippen LogP contribution in [0.2, 0.25) is 0 Å². The third-order valence-electron chi connectivity index (χ3n) is 2.69. The van der Waals surface area contributed by atoms with Crippen LogP contribution >= 0.6 is 0 Å². The average molecular weight is 272 g/mol. The maximum Gasteiger partial charge on any atom is 0.332 e. The SMILES string of the molecule is CN(C)C(=O)[C@@H]1C[C@@H](OCC(=O)OC(C)(C)C)CN1. The normalized spacial score (nSPS) is 23.2. The van der Waals surface area contributed by atoms with Gasteiger partial charge in [-0.2, -0.15) is 0 Å². The highest BCUT2D eigenvalue weighted by Crippen LogP contribution is 2.13. The summed E-state index contributed by atoms with van der Waals surface area (Å²) in [6.45, 7) is 5.94. The van der Waals surface area contributed by atoms with Crippen molar-refractivity contribution in [1.82, 2.24) is 10.2 Å². The molecule has 1 N–H and O–H groups in total. The Morgan fingerprint density at radius 3 is 2.47 bits per heavy atom. The lowest BCUT2D eigenvalue weighted by Gasteiger charge is -2.20. The summed E-state index contributed by atoms with van der Waals surface area (Å²) in [7, 11) is 3.44. The minimum absolute atomic E-state index is 0.0309. The van der Waals surface area contributed by atoms with Crippen LogP contribution in [0.15, 0.2) is 0 Å². The Morgan fingerprint density at radius 1 is 1.32 bits per heavy atom. The molecule has 1 heterocycles. The number of esters is 1. The average Bonchev–Trinajstić information content (AvgIpc) is 2.71. The van der Waals surface area contributed by atoms with Gasteiger partial charge in [0.1, 0.15) is 12.2 Å². The molecule has 1 saturated heterocycles. The molecule has 1 rings (SSSR count). The third-order valence-corrected chi connectivity index (χ3v) is 2.69. The fourth-order valence-corrected chi connectivity index (χ4v) is 1.89. The van der Waals surface area contributed by atoms with Crippen molar-refractivity contribution < 1.29 is 19.1 Å². The molecule has 1 aliphatic rings. The molecule has 2 atom stereocenters. The van der Waals surface area contributed by atoms with Gasteiger partial charge in [-0.1, -0.05) is 0 Å². The van der Waals surface area contributed by atoms with E-state index in [2.05, 4.69) is 5.32 Å². The second-order valence-corrected chi connectivity index (χ2v) is 5.95. The van der Waals surface area contributed by atoms with Gasteiger partial charge in [0.2, 0.25) is 5.91 Å². The molecular weight excluding hydrogens is 248 g/mol. The van der Waals surface area contributed by atoms with Gasteiger partial charge in [0.25, 0.3) is 0 Å². The van der Waals surface area contributed by atoms with E-state index in [9.17, 15) is 9.59 Å². The molecule has 0 aromatic rings. The number of carbonyl (C=O) groups is 2. The number of nitrogens with one attached hydrogen (secondary N) is 1. The van der Waals surface area contributed by atoms with E-state index in [1.54, 1.807) is 19.0 Å². The summed E-state index contributed by atoms with van der Waals surface area (Å²) < 4.78 is 10.6. The Kier molecular flexibility index (Phi) is 5.31. The molecule has 0 saturated carbocycles. The summed E-state index contributed by atoms with van der Waals surface area (Å²) in [6, 6.07) is -0.223. The van der Waals surface area contributed by atoms with Gasteiger partial charge in [-0.05, 0) is 27.2 Å². The molecule has 0 aromatic heterocycles. The van der Waals surface area contributed by atoms with Crippen molar-refractivity contribution in [3.05, 3.63) is 0 Å². The lowest BCUT2D eigenvalue weighted by Crippen LogP contribution is -2.39. The van der Waals surface area contributed by atoms with Gasteiger partial charge in [0, 0.05) is 20.6 Å². The number of nitrogens with zero attached hydrogens (tertiary/aromatic N) is 1. The highest BCUT2D eigenvalue weighted by atomic mass is 16.6. The number of likely N-dealkylation sites (N-methyl/N-ethyl adjacent to an activating group) is 1. The van der Waals surface area contributed by atoms with Crippen molar-refractivity contribution in [2.75, 3.05) is 27.2 Å². The number of ether oxygens (including phenoxy) is 2. The molecule has 6 heteroatoms. The largest absolute Gasteiger partial charge is 0.458 e. The van der Waals surface area contributed by atoms with Crippen molar-refractivity contribution in [3.8, 4) is 0 Å². The molecule has 1 amide bonds. The summed E-state index contributed by atoms with van der Waals surface area (Å²) >= 11 is 0. The number of hydrogen-bond acceptors (Lipinski definition) is 5. The highest BCUT2D eigenvalue weighted by Gasteiger charge is 2.31. The summed E-state index contributed by atoms with van der Waals surface area (Å²) in [4.78, 5) is 24.8. The Hall–Kier alpha value is -1.14. The van der Waals surface area contributed by atoms with E-state index in [0.717, 1.165) is 0 Å². The monoisotopic (exact) mass is 272 g/mol. The van der Waals surface area contributed by atoms with Crippen molar-refractivity contribution in [1.29, 1.82) is 0 Å². The van der Waals surface area contributed by atoms with Gasteiger partial charge >= 0.3 is 5.97 Å². The van der Waals surface area contributed by atoms with Crippen LogP contribution < -0.4 is 5.32 Å². The first-order valence-electron chi connectivity index (χ1n) is 6.47. The highest BCUT2D eigenvalue weighted by molar-refractivity contribution is 5.81. The summed E-state index contributed by atoms with van der Waals surface area (Å²) in [5.74, 6) is -0.349. The quantitative estimate of drug-likeness (QED) is 0.739. The maximum atomic E-state index is 11.7. The zero-order valence-corrected chi connectivity index (χ0v) is 12.4. The minimum Gasteiger partial charge on any atom is -0.458 e. The second-order valence-electron chi connectivity index (χ2n) is 5.95. The Balaban J connectivity index is 2.30. The molecule has 0 bridgehead atoms. The smallest absolute Gasteiger partial charge is 0.332 e. The zero-order valence-electron chi connectivity index (χ0n) is 12.4. The molecule has 0 unspecified atom stereocenters. The Morgan fingerprint density at radius 2 is 1.95 bits per heavy atom. The summed E-state index contributed by atoms with van der Waals surface area (Å²) in [5.41, 5.74) is -0.502. The summed E-state index contributed by atoms with van der Waals surface area (Å²) in [6.07, 6.45) is 0.459. The maximum absolute atomic E-state index is 11.7. The van der Waals surface area contributed by atoms with Crippen LogP contribution in [0, 0.1) is 0 Å². The predicted molar refractivity (Wildman–Crippen MR) is 70.7 cm³/mol. The molecule has 1 fully saturated rings. The van der Waals surface area contributed by atoms with Crippen molar-refractivity contribution in [3.63, 3.8) is 0 Å². The first-order chi connectivity index (χ1) is 8.69. The molecule has 0 aromatic carbocycles. The third kappa shape index (κ3) is 5.57. The fourth-order valence-electron chi connectivity index (χ4n) is 1.89. The molecule has 0 aliphatic carbocycles. The van der Waals surface area contributed by atoms with Crippen LogP contribution in [0.4, 0.5) is 0 Å². The van der Waals surface area contributed by atoms with E-state index >= 15 is 0 Å². The predicted octanol–water partition coefficient (Wildman–Crippen LogP) is 0.163. The number of rotatable bonds is 4. The van der Waals surface area contributed by atoms with Crippen LogP contribution in [-0.2, 0) is 19.1 Å². The molecule has 19 heavy (non-hydrogen) atoms. The van der Waals surface area contributed by atoms with Gasteiger partial charge in [0.05, 0.1) is 12.1 Å². The van der Waals surface area contributed by atoms with E-state index in [4.69, 9.17) is 9.47 Å². The van der Waals surface area contributed by atoms with Crippen LogP contribution in [0.3, 0.4) is 0 Å². The minimum atomic E-state index is -0.502. The van der Waals surface area contributed by atoms with Crippen LogP contribution in [-0.4, -0.2) is 61.8 Å². The fraction of sp³-hybridized carbons (Fsp3) is 0.846. The first-order valence-corrected chi connectivity index (χ1v) is 6.47. The second kappa shape index (κ2) is 6.34. The number of carbonyl (C=O) groups excluding carboxylic acids is 2. The van der Waals surface area contributed by atoms with Crippen molar-refractivity contribution in [2.24, 2.45) is 0 Å². The molecule has 0 radical (unpaired) electrons. The number of hydrogen-bond donors (Lipinski definition) is 1. The zero-order chi connectivity index (χ0) is 14.6. The van der Waals surface area contributed by atoms with Gasteiger partial charge < -0.3 is 19.7 Å². The van der Waals surface area contributed by atoms with Gasteiger partial charge in [-0.3, -0.25) is 4.79 Å². The van der Waals surface area contributed by atoms with Crippen LogP contribution in [0.5, 0.6) is 0 Å². The molecule has 6 nitrogen and oxygen atoms in total. The van der Waals surface area contributed by atoms with Crippen LogP contribution in [0.25, 0.3) is 0 Å². The van der Waals surface area contributed by atoms with Crippen molar-refractivity contribution >= 4 is 11.9 Å².